The fourth-order valence-corrected chi connectivity index (χ4v) is 6.41. The van der Waals surface area contributed by atoms with Crippen molar-refractivity contribution in [2.45, 2.75) is 64.5 Å². The molecule has 2 N–H and O–H groups in total. The second-order valence-corrected chi connectivity index (χ2v) is 10.7. The standard InChI is InChI=1S/C29H37N5/c1-19(2)33-16-10-23(11-17-33)34-14-8-21(9-15-34)22-4-5-27-26(18-22)20(3)28(32-27)24-6-12-30-29-25(24)7-13-31-29/h4-7,12-13,18-19,21,23,32H,8-11,14-17H2,1-3H3,(H,30,31). The Bertz CT molecular complexity index is 1280. The average molecular weight is 456 g/mol. The molecule has 2 fully saturated rings. The number of hydrogen-bond donors (Lipinski definition) is 2. The number of nitrogens with one attached hydrogen (secondary N) is 2. The molecule has 0 atom stereocenters. The molecule has 5 heteroatoms. The quantitative estimate of drug-likeness (QED) is 0.393. The zero-order chi connectivity index (χ0) is 23.2. The maximum atomic E-state index is 4.46. The third-order valence-corrected chi connectivity index (χ3v) is 8.56. The van der Waals surface area contributed by atoms with Crippen molar-refractivity contribution < 1.29 is 0 Å². The van der Waals surface area contributed by atoms with E-state index in [4.69, 9.17) is 0 Å². The van der Waals surface area contributed by atoms with Gasteiger partial charge < -0.3 is 19.8 Å². The van der Waals surface area contributed by atoms with Crippen molar-refractivity contribution in [1.29, 1.82) is 0 Å². The van der Waals surface area contributed by atoms with Crippen LogP contribution in [0.2, 0.25) is 0 Å². The van der Waals surface area contributed by atoms with E-state index in [1.165, 1.54) is 90.5 Å². The van der Waals surface area contributed by atoms with E-state index in [-0.39, 0.29) is 0 Å². The lowest BCUT2D eigenvalue weighted by atomic mass is 9.87. The van der Waals surface area contributed by atoms with E-state index in [9.17, 15) is 0 Å². The molecule has 1 aromatic carbocycles. The van der Waals surface area contributed by atoms with Crippen LogP contribution >= 0.6 is 0 Å². The molecule has 2 aliphatic heterocycles. The monoisotopic (exact) mass is 455 g/mol. The first-order valence-corrected chi connectivity index (χ1v) is 13.1. The number of aromatic nitrogens is 3. The van der Waals surface area contributed by atoms with E-state index in [0.29, 0.717) is 12.0 Å². The van der Waals surface area contributed by atoms with Gasteiger partial charge in [0.25, 0.3) is 0 Å². The Labute approximate surface area is 202 Å². The second kappa shape index (κ2) is 8.86. The number of aromatic amines is 2. The Morgan fingerprint density at radius 3 is 2.50 bits per heavy atom. The number of H-pyrrole nitrogens is 2. The molecule has 6 rings (SSSR count). The molecule has 0 spiro atoms. The van der Waals surface area contributed by atoms with Gasteiger partial charge >= 0.3 is 0 Å². The molecule has 3 aromatic heterocycles. The van der Waals surface area contributed by atoms with Gasteiger partial charge in [-0.3, -0.25) is 0 Å². The minimum absolute atomic E-state index is 0.673. The van der Waals surface area contributed by atoms with Crippen molar-refractivity contribution in [1.82, 2.24) is 24.8 Å². The topological polar surface area (TPSA) is 51.0 Å². The summed E-state index contributed by atoms with van der Waals surface area (Å²) < 4.78 is 0. The summed E-state index contributed by atoms with van der Waals surface area (Å²) in [6.45, 7) is 11.9. The van der Waals surface area contributed by atoms with Crippen molar-refractivity contribution in [3.8, 4) is 11.3 Å². The van der Waals surface area contributed by atoms with Gasteiger partial charge in [-0.2, -0.15) is 0 Å². The van der Waals surface area contributed by atoms with Crippen molar-refractivity contribution >= 4 is 21.9 Å². The summed E-state index contributed by atoms with van der Waals surface area (Å²) >= 11 is 0. The lowest BCUT2D eigenvalue weighted by molar-refractivity contribution is 0.0753. The molecule has 5 nitrogen and oxygen atoms in total. The molecular formula is C29H37N5. The van der Waals surface area contributed by atoms with Gasteiger partial charge in [0, 0.05) is 46.3 Å². The largest absolute Gasteiger partial charge is 0.354 e. The summed E-state index contributed by atoms with van der Waals surface area (Å²) in [7, 11) is 0. The molecule has 2 saturated heterocycles. The van der Waals surface area contributed by atoms with Gasteiger partial charge in [-0.05, 0) is 114 Å². The first-order chi connectivity index (χ1) is 16.6. The summed E-state index contributed by atoms with van der Waals surface area (Å²) in [6, 6.07) is 12.8. The van der Waals surface area contributed by atoms with Gasteiger partial charge in [-0.15, -0.1) is 0 Å². The number of hydrogen-bond acceptors (Lipinski definition) is 3. The molecule has 0 amide bonds. The van der Waals surface area contributed by atoms with Gasteiger partial charge in [-0.1, -0.05) is 6.07 Å². The third-order valence-electron chi connectivity index (χ3n) is 8.56. The van der Waals surface area contributed by atoms with E-state index < -0.39 is 0 Å². The molecule has 2 aliphatic rings. The minimum Gasteiger partial charge on any atom is -0.354 e. The van der Waals surface area contributed by atoms with Crippen LogP contribution in [0.15, 0.2) is 42.7 Å². The molecule has 178 valence electrons. The number of pyridine rings is 1. The molecule has 0 radical (unpaired) electrons. The SMILES string of the molecule is Cc1c(-c2ccnc3[nH]ccc23)[nH]c2ccc(C3CCN(C4CCN(C(C)C)CC4)CC3)cc12. The van der Waals surface area contributed by atoms with E-state index in [2.05, 4.69) is 75.9 Å². The fourth-order valence-electron chi connectivity index (χ4n) is 6.41. The summed E-state index contributed by atoms with van der Waals surface area (Å²) in [4.78, 5) is 16.8. The second-order valence-electron chi connectivity index (χ2n) is 10.7. The summed E-state index contributed by atoms with van der Waals surface area (Å²) in [5, 5.41) is 2.53. The maximum absolute atomic E-state index is 4.46. The van der Waals surface area contributed by atoms with Crippen LogP contribution < -0.4 is 0 Å². The van der Waals surface area contributed by atoms with Gasteiger partial charge in [0.05, 0.1) is 5.69 Å². The highest BCUT2D eigenvalue weighted by molar-refractivity contribution is 5.98. The highest BCUT2D eigenvalue weighted by Crippen LogP contribution is 2.37. The molecule has 0 saturated carbocycles. The smallest absolute Gasteiger partial charge is 0.137 e. The van der Waals surface area contributed by atoms with Crippen molar-refractivity contribution in [3.63, 3.8) is 0 Å². The summed E-state index contributed by atoms with van der Waals surface area (Å²) in [6.07, 6.45) is 9.09. The van der Waals surface area contributed by atoms with Gasteiger partial charge in [-0.25, -0.2) is 4.98 Å². The van der Waals surface area contributed by atoms with Crippen LogP contribution in [0.5, 0.6) is 0 Å². The van der Waals surface area contributed by atoms with Crippen LogP contribution in [0.25, 0.3) is 33.2 Å². The molecule has 4 aromatic rings. The van der Waals surface area contributed by atoms with E-state index >= 15 is 0 Å². The van der Waals surface area contributed by atoms with Crippen LogP contribution in [0.3, 0.4) is 0 Å². The van der Waals surface area contributed by atoms with Crippen molar-refractivity contribution in [2.24, 2.45) is 0 Å². The fraction of sp³-hybridized carbons (Fsp3) is 0.483. The summed E-state index contributed by atoms with van der Waals surface area (Å²) in [5.41, 5.74) is 7.45. The Kier molecular flexibility index (Phi) is 5.70. The Morgan fingerprint density at radius 2 is 1.74 bits per heavy atom. The van der Waals surface area contributed by atoms with Crippen molar-refractivity contribution in [2.75, 3.05) is 26.2 Å². The first-order valence-electron chi connectivity index (χ1n) is 13.1. The average Bonchev–Trinajstić information content (AvgIpc) is 3.48. The lowest BCUT2D eigenvalue weighted by Crippen LogP contribution is -2.48. The normalized spacial score (nSPS) is 19.6. The van der Waals surface area contributed by atoms with E-state index in [1.807, 2.05) is 12.4 Å². The Balaban J connectivity index is 1.19. The van der Waals surface area contributed by atoms with Crippen LogP contribution in [0.4, 0.5) is 0 Å². The van der Waals surface area contributed by atoms with Crippen LogP contribution in [0.1, 0.15) is 56.6 Å². The van der Waals surface area contributed by atoms with Crippen molar-refractivity contribution in [3.05, 3.63) is 53.9 Å². The number of piperidine rings is 2. The first kappa shape index (κ1) is 21.9. The van der Waals surface area contributed by atoms with Crippen LogP contribution in [-0.2, 0) is 0 Å². The number of rotatable bonds is 4. The molecular weight excluding hydrogens is 418 g/mol. The number of nitrogens with zero attached hydrogens (tertiary/aromatic N) is 3. The zero-order valence-corrected chi connectivity index (χ0v) is 20.8. The predicted molar refractivity (Wildman–Crippen MR) is 141 cm³/mol. The van der Waals surface area contributed by atoms with E-state index in [1.54, 1.807) is 0 Å². The number of aryl methyl sites for hydroxylation is 1. The molecule has 34 heavy (non-hydrogen) atoms. The predicted octanol–water partition coefficient (Wildman–Crippen LogP) is 6.07. The van der Waals surface area contributed by atoms with E-state index in [0.717, 1.165) is 11.7 Å². The molecule has 0 unspecified atom stereocenters. The zero-order valence-electron chi connectivity index (χ0n) is 20.8. The molecule has 0 bridgehead atoms. The highest BCUT2D eigenvalue weighted by atomic mass is 15.2. The number of fused-ring (bicyclic) bond motifs is 2. The maximum Gasteiger partial charge on any atom is 0.137 e. The molecule has 5 heterocycles. The summed E-state index contributed by atoms with van der Waals surface area (Å²) in [5.74, 6) is 0.673. The number of benzene rings is 1. The van der Waals surface area contributed by atoms with Crippen LogP contribution in [-0.4, -0.2) is 63.0 Å². The minimum atomic E-state index is 0.673. The van der Waals surface area contributed by atoms with Gasteiger partial charge in [0.2, 0.25) is 0 Å². The lowest BCUT2D eigenvalue weighted by Gasteiger charge is -2.42. The van der Waals surface area contributed by atoms with Gasteiger partial charge in [0.15, 0.2) is 0 Å². The number of likely N-dealkylation sites (tertiary alicyclic amines) is 2. The molecule has 0 aliphatic carbocycles. The van der Waals surface area contributed by atoms with Crippen LogP contribution in [0, 0.1) is 6.92 Å². The Hall–Kier alpha value is -2.63. The Morgan fingerprint density at radius 1 is 0.941 bits per heavy atom. The van der Waals surface area contributed by atoms with Gasteiger partial charge in [0.1, 0.15) is 5.65 Å². The highest BCUT2D eigenvalue weighted by Gasteiger charge is 2.29. The third kappa shape index (κ3) is 3.85.